The first kappa shape index (κ1) is 36.0. The van der Waals surface area contributed by atoms with Gasteiger partial charge in [-0.05, 0) is 47.5 Å². The summed E-state index contributed by atoms with van der Waals surface area (Å²) >= 11 is 0. The van der Waals surface area contributed by atoms with E-state index in [4.69, 9.17) is 5.73 Å². The van der Waals surface area contributed by atoms with Crippen LogP contribution in [0.3, 0.4) is 0 Å². The molecule has 12 heteroatoms. The van der Waals surface area contributed by atoms with Crippen molar-refractivity contribution in [1.82, 2.24) is 25.8 Å². The van der Waals surface area contributed by atoms with Crippen LogP contribution < -0.4 is 21.7 Å². The molecule has 12 nitrogen and oxygen atoms in total. The highest BCUT2D eigenvalue weighted by Gasteiger charge is 2.49. The molecule has 1 aliphatic carbocycles. The van der Waals surface area contributed by atoms with Crippen LogP contribution >= 0.6 is 0 Å². The molecule has 6 amide bonds. The summed E-state index contributed by atoms with van der Waals surface area (Å²) in [5.41, 5.74) is 4.44. The van der Waals surface area contributed by atoms with E-state index in [0.29, 0.717) is 25.1 Å². The van der Waals surface area contributed by atoms with Crippen LogP contribution in [0.4, 0.5) is 4.79 Å². The highest BCUT2D eigenvalue weighted by atomic mass is 16.2. The summed E-state index contributed by atoms with van der Waals surface area (Å²) < 4.78 is 0. The molecule has 0 aromatic heterocycles. The molecule has 2 aliphatic heterocycles. The second kappa shape index (κ2) is 13.9. The molecule has 0 radical (unpaired) electrons. The normalized spacial score (nSPS) is 22.6. The van der Waals surface area contributed by atoms with Crippen molar-refractivity contribution < 1.29 is 28.8 Å². The van der Waals surface area contributed by atoms with E-state index in [-0.39, 0.29) is 30.2 Å². The SMILES string of the molecule is C=C1[C@@H](C(=O)NC(CC2CC2)C(=O)C(N)=O)N(C(=O)[C@@H](NC(=O)N[C@H](C(=O)N2CCCC2)C(C)(C)C)C(C)(C)C)C[C@@H]1C(C)C. The number of carbonyl (C=O) groups is 6. The molecule has 1 unspecified atom stereocenters. The molecule has 0 aromatic carbocycles. The monoisotopic (exact) mass is 630 g/mol. The standard InChI is InChI=1S/C33H54N6O6/c1-18(2)21-17-39(23(19(21)3)28(42)35-22(16-20-12-13-20)24(40)27(34)41)30(44)26(33(7,8)9)37-31(45)36-25(32(4,5)6)29(43)38-14-10-11-15-38/h18,20-23,25-26H,3,10-17H2,1-2,4-9H3,(H2,34,41)(H,35,42)(H2,36,37,45)/t21-,22?,23+,25-,26-/m1/s1. The Bertz CT molecular complexity index is 1190. The molecule has 0 aromatic rings. The van der Waals surface area contributed by atoms with E-state index in [1.807, 2.05) is 55.4 Å². The van der Waals surface area contributed by atoms with Crippen LogP contribution in [0.25, 0.3) is 0 Å². The lowest BCUT2D eigenvalue weighted by Crippen LogP contribution is -2.62. The number of primary amides is 1. The molecule has 3 fully saturated rings. The van der Waals surface area contributed by atoms with Crippen LogP contribution in [-0.4, -0.2) is 89.0 Å². The molecule has 252 valence electrons. The summed E-state index contributed by atoms with van der Waals surface area (Å²) in [5.74, 6) is -3.21. The Morgan fingerprint density at radius 3 is 1.82 bits per heavy atom. The zero-order valence-electron chi connectivity index (χ0n) is 28.3. The number of nitrogens with one attached hydrogen (secondary N) is 3. The third-order valence-electron chi connectivity index (χ3n) is 9.21. The zero-order valence-corrected chi connectivity index (χ0v) is 28.3. The van der Waals surface area contributed by atoms with Gasteiger partial charge in [0.1, 0.15) is 18.1 Å². The molecule has 45 heavy (non-hydrogen) atoms. The summed E-state index contributed by atoms with van der Waals surface area (Å²) in [6, 6.07) is -4.74. The maximum Gasteiger partial charge on any atom is 0.316 e. The lowest BCUT2D eigenvalue weighted by atomic mass is 9.85. The quantitative estimate of drug-likeness (QED) is 0.201. The number of carbonyl (C=O) groups excluding carboxylic acids is 6. The Balaban J connectivity index is 1.86. The van der Waals surface area contributed by atoms with E-state index in [1.54, 1.807) is 4.90 Å². The summed E-state index contributed by atoms with van der Waals surface area (Å²) in [4.78, 5) is 82.5. The number of nitrogens with zero attached hydrogens (tertiary/aromatic N) is 2. The number of urea groups is 1. The average Bonchev–Trinajstić information content (AvgIpc) is 3.42. The Morgan fingerprint density at radius 1 is 0.867 bits per heavy atom. The van der Waals surface area contributed by atoms with Crippen LogP contribution in [-0.2, 0) is 24.0 Å². The van der Waals surface area contributed by atoms with Crippen molar-refractivity contribution in [2.24, 2.45) is 34.3 Å². The minimum atomic E-state index is -1.13. The summed E-state index contributed by atoms with van der Waals surface area (Å²) in [7, 11) is 0. The zero-order chi connectivity index (χ0) is 34.0. The summed E-state index contributed by atoms with van der Waals surface area (Å²) in [6.45, 7) is 20.7. The molecule has 2 saturated heterocycles. The van der Waals surface area contributed by atoms with Crippen LogP contribution in [0.2, 0.25) is 0 Å². The van der Waals surface area contributed by atoms with Crippen molar-refractivity contribution in [3.63, 3.8) is 0 Å². The van der Waals surface area contributed by atoms with Gasteiger partial charge in [-0.3, -0.25) is 24.0 Å². The first-order valence-corrected chi connectivity index (χ1v) is 16.2. The number of nitrogens with two attached hydrogens (primary N) is 1. The number of amides is 6. The van der Waals surface area contributed by atoms with E-state index in [0.717, 1.165) is 25.7 Å². The smallest absolute Gasteiger partial charge is 0.316 e. The van der Waals surface area contributed by atoms with Crippen molar-refractivity contribution in [2.75, 3.05) is 19.6 Å². The van der Waals surface area contributed by atoms with Crippen molar-refractivity contribution >= 4 is 35.4 Å². The Morgan fingerprint density at radius 2 is 1.38 bits per heavy atom. The van der Waals surface area contributed by atoms with Gasteiger partial charge in [0.05, 0.1) is 6.04 Å². The van der Waals surface area contributed by atoms with Crippen molar-refractivity contribution in [1.29, 1.82) is 0 Å². The molecular weight excluding hydrogens is 576 g/mol. The van der Waals surface area contributed by atoms with Gasteiger partial charge in [0.25, 0.3) is 5.91 Å². The van der Waals surface area contributed by atoms with Crippen molar-refractivity contribution in [2.45, 2.75) is 112 Å². The largest absolute Gasteiger partial charge is 0.363 e. The fourth-order valence-corrected chi connectivity index (χ4v) is 6.23. The van der Waals surface area contributed by atoms with Gasteiger partial charge in [0.15, 0.2) is 0 Å². The maximum absolute atomic E-state index is 14.3. The van der Waals surface area contributed by atoms with E-state index >= 15 is 0 Å². The van der Waals surface area contributed by atoms with Gasteiger partial charge >= 0.3 is 6.03 Å². The van der Waals surface area contributed by atoms with Gasteiger partial charge in [-0.25, -0.2) is 4.79 Å². The van der Waals surface area contributed by atoms with Gasteiger partial charge in [0.2, 0.25) is 23.5 Å². The first-order valence-electron chi connectivity index (χ1n) is 16.2. The van der Waals surface area contributed by atoms with Crippen molar-refractivity contribution in [3.05, 3.63) is 12.2 Å². The third-order valence-corrected chi connectivity index (χ3v) is 9.21. The topological polar surface area (TPSA) is 171 Å². The van der Waals surface area contributed by atoms with Gasteiger partial charge in [-0.2, -0.15) is 0 Å². The number of hydrogen-bond acceptors (Lipinski definition) is 6. The molecule has 5 N–H and O–H groups in total. The van der Waals surface area contributed by atoms with Crippen LogP contribution in [0, 0.1) is 28.6 Å². The van der Waals surface area contributed by atoms with E-state index in [1.165, 1.54) is 4.90 Å². The molecule has 3 aliphatic rings. The van der Waals surface area contributed by atoms with E-state index in [9.17, 15) is 28.8 Å². The fraction of sp³-hybridized carbons (Fsp3) is 0.758. The minimum absolute atomic E-state index is 0.0496. The summed E-state index contributed by atoms with van der Waals surface area (Å²) in [6.07, 6.45) is 3.93. The average molecular weight is 631 g/mol. The van der Waals surface area contributed by atoms with E-state index in [2.05, 4.69) is 22.5 Å². The molecule has 0 bridgehead atoms. The molecule has 1 saturated carbocycles. The van der Waals surface area contributed by atoms with E-state index < -0.39 is 64.5 Å². The fourth-order valence-electron chi connectivity index (χ4n) is 6.23. The Hall–Kier alpha value is -3.44. The number of rotatable bonds is 11. The molecule has 3 rings (SSSR count). The minimum Gasteiger partial charge on any atom is -0.363 e. The molecule has 5 atom stereocenters. The second-order valence-electron chi connectivity index (χ2n) is 15.5. The predicted octanol–water partition coefficient (Wildman–Crippen LogP) is 2.12. The Kier molecular flexibility index (Phi) is 11.1. The number of hydrogen-bond donors (Lipinski definition) is 4. The first-order chi connectivity index (χ1) is 20.7. The number of likely N-dealkylation sites (tertiary alicyclic amines) is 2. The number of Topliss-reactive ketones (excluding diaryl/α,β-unsaturated/α-hetero) is 1. The molecule has 0 spiro atoms. The van der Waals surface area contributed by atoms with Gasteiger partial charge in [0, 0.05) is 25.6 Å². The lowest BCUT2D eigenvalue weighted by molar-refractivity contribution is -0.142. The second-order valence-corrected chi connectivity index (χ2v) is 15.5. The summed E-state index contributed by atoms with van der Waals surface area (Å²) in [5, 5.41) is 8.35. The van der Waals surface area contributed by atoms with Crippen molar-refractivity contribution in [3.8, 4) is 0 Å². The highest BCUT2D eigenvalue weighted by molar-refractivity contribution is 6.37. The number of ketones is 1. The van der Waals surface area contributed by atoms with Crippen LogP contribution in [0.15, 0.2) is 12.2 Å². The van der Waals surface area contributed by atoms with Crippen LogP contribution in [0.5, 0.6) is 0 Å². The predicted molar refractivity (Wildman–Crippen MR) is 170 cm³/mol. The maximum atomic E-state index is 14.3. The highest BCUT2D eigenvalue weighted by Crippen LogP contribution is 2.37. The van der Waals surface area contributed by atoms with Crippen LogP contribution in [0.1, 0.15) is 87.5 Å². The van der Waals surface area contributed by atoms with Gasteiger partial charge in [-0.15, -0.1) is 0 Å². The Labute approximate surface area is 267 Å². The molecular formula is C33H54N6O6. The third kappa shape index (κ3) is 8.85. The molecule has 2 heterocycles. The lowest BCUT2D eigenvalue weighted by Gasteiger charge is -2.37. The van der Waals surface area contributed by atoms with Gasteiger partial charge < -0.3 is 31.5 Å². The van der Waals surface area contributed by atoms with Gasteiger partial charge in [-0.1, -0.05) is 74.8 Å².